The summed E-state index contributed by atoms with van der Waals surface area (Å²) in [5, 5.41) is 3.71. The maximum Gasteiger partial charge on any atom is 0.0363 e. The molecule has 2 aromatic rings. The number of aryl methyl sites for hydroxylation is 1. The van der Waals surface area contributed by atoms with Crippen LogP contribution in [0.25, 0.3) is 0 Å². The van der Waals surface area contributed by atoms with Crippen molar-refractivity contribution in [2.45, 2.75) is 39.7 Å². The first-order valence-corrected chi connectivity index (χ1v) is 8.73. The van der Waals surface area contributed by atoms with Gasteiger partial charge < -0.3 is 5.32 Å². The average Bonchev–Trinajstić information content (AvgIpc) is 2.48. The Bertz CT molecular complexity index is 575. The van der Waals surface area contributed by atoms with Crippen molar-refractivity contribution < 1.29 is 0 Å². The van der Waals surface area contributed by atoms with Crippen LogP contribution in [0.5, 0.6) is 0 Å². The van der Waals surface area contributed by atoms with Crippen LogP contribution in [0.3, 0.4) is 0 Å². The van der Waals surface area contributed by atoms with Gasteiger partial charge in [-0.3, -0.25) is 0 Å². The normalized spacial score (nSPS) is 12.4. The van der Waals surface area contributed by atoms with E-state index in [4.69, 9.17) is 0 Å². The monoisotopic (exact) mass is 393 g/mol. The second-order valence-corrected chi connectivity index (χ2v) is 6.87. The van der Waals surface area contributed by atoms with E-state index >= 15 is 0 Å². The van der Waals surface area contributed by atoms with E-state index in [1.54, 1.807) is 0 Å². The Morgan fingerprint density at radius 3 is 2.43 bits per heavy atom. The molecule has 2 aromatic carbocycles. The molecule has 21 heavy (non-hydrogen) atoms. The summed E-state index contributed by atoms with van der Waals surface area (Å²) in [5.41, 5.74) is 5.61. The fraction of sp³-hybridized carbons (Fsp3) is 0.368. The molecule has 0 aromatic heterocycles. The number of benzene rings is 2. The molecule has 112 valence electrons. The van der Waals surface area contributed by atoms with E-state index in [-0.39, 0.29) is 0 Å². The van der Waals surface area contributed by atoms with E-state index in [0.717, 1.165) is 19.4 Å². The van der Waals surface area contributed by atoms with Crippen molar-refractivity contribution in [1.82, 2.24) is 5.32 Å². The molecule has 0 heterocycles. The lowest BCUT2D eigenvalue weighted by molar-refractivity contribution is 0.527. The molecule has 0 amide bonds. The van der Waals surface area contributed by atoms with E-state index in [9.17, 15) is 0 Å². The van der Waals surface area contributed by atoms with E-state index in [1.807, 2.05) is 0 Å². The highest BCUT2D eigenvalue weighted by Crippen LogP contribution is 2.24. The van der Waals surface area contributed by atoms with Gasteiger partial charge in [-0.2, -0.15) is 0 Å². The molecule has 0 spiro atoms. The molecule has 0 fully saturated rings. The Kier molecular flexibility index (Phi) is 6.24. The average molecular weight is 393 g/mol. The molecule has 1 atom stereocenters. The van der Waals surface area contributed by atoms with Crippen LogP contribution in [-0.2, 0) is 6.42 Å². The summed E-state index contributed by atoms with van der Waals surface area (Å²) < 4.78 is 1.29. The summed E-state index contributed by atoms with van der Waals surface area (Å²) in [4.78, 5) is 0. The molecular weight excluding hydrogens is 369 g/mol. The van der Waals surface area contributed by atoms with Crippen molar-refractivity contribution in [3.8, 4) is 0 Å². The maximum atomic E-state index is 3.71. The molecular formula is C19H24IN. The maximum absolute atomic E-state index is 3.71. The number of rotatable bonds is 6. The Balaban J connectivity index is 2.25. The van der Waals surface area contributed by atoms with Gasteiger partial charge in [-0.1, -0.05) is 37.3 Å². The van der Waals surface area contributed by atoms with E-state index in [2.05, 4.69) is 91.1 Å². The Morgan fingerprint density at radius 2 is 1.76 bits per heavy atom. The molecule has 1 N–H and O–H groups in total. The molecule has 0 radical (unpaired) electrons. The Morgan fingerprint density at radius 1 is 1.05 bits per heavy atom. The van der Waals surface area contributed by atoms with Crippen LogP contribution in [0, 0.1) is 17.4 Å². The highest BCUT2D eigenvalue weighted by molar-refractivity contribution is 14.1. The van der Waals surface area contributed by atoms with Crippen LogP contribution in [0.2, 0.25) is 0 Å². The van der Waals surface area contributed by atoms with Gasteiger partial charge >= 0.3 is 0 Å². The van der Waals surface area contributed by atoms with Gasteiger partial charge in [0.15, 0.2) is 0 Å². The molecule has 0 bridgehead atoms. The van der Waals surface area contributed by atoms with Gasteiger partial charge in [0, 0.05) is 9.61 Å². The summed E-state index contributed by atoms with van der Waals surface area (Å²) in [6.07, 6.45) is 2.20. The quantitative estimate of drug-likeness (QED) is 0.666. The SMILES string of the molecule is CCCNC(Cc1ccc(I)cc1)c1cccc(C)c1C. The van der Waals surface area contributed by atoms with Crippen molar-refractivity contribution in [2.75, 3.05) is 6.54 Å². The minimum atomic E-state index is 0.393. The van der Waals surface area contributed by atoms with Crippen molar-refractivity contribution in [2.24, 2.45) is 0 Å². The number of hydrogen-bond acceptors (Lipinski definition) is 1. The number of nitrogens with one attached hydrogen (secondary N) is 1. The molecule has 2 heteroatoms. The highest BCUT2D eigenvalue weighted by atomic mass is 127. The van der Waals surface area contributed by atoms with Crippen LogP contribution < -0.4 is 5.32 Å². The van der Waals surface area contributed by atoms with E-state index in [1.165, 1.54) is 25.8 Å². The number of hydrogen-bond donors (Lipinski definition) is 1. The molecule has 1 unspecified atom stereocenters. The molecule has 1 nitrogen and oxygen atoms in total. The lowest BCUT2D eigenvalue weighted by atomic mass is 9.93. The first kappa shape index (κ1) is 16.5. The fourth-order valence-electron chi connectivity index (χ4n) is 2.62. The minimum Gasteiger partial charge on any atom is -0.310 e. The van der Waals surface area contributed by atoms with Crippen LogP contribution in [-0.4, -0.2) is 6.54 Å². The topological polar surface area (TPSA) is 12.0 Å². The van der Waals surface area contributed by atoms with Crippen molar-refractivity contribution in [1.29, 1.82) is 0 Å². The third-order valence-electron chi connectivity index (χ3n) is 4.02. The number of halogens is 1. The van der Waals surface area contributed by atoms with Crippen molar-refractivity contribution in [3.63, 3.8) is 0 Å². The smallest absolute Gasteiger partial charge is 0.0363 e. The highest BCUT2D eigenvalue weighted by Gasteiger charge is 2.14. The van der Waals surface area contributed by atoms with Gasteiger partial charge in [0.25, 0.3) is 0 Å². The molecule has 2 rings (SSSR count). The van der Waals surface area contributed by atoms with Gasteiger partial charge in [-0.25, -0.2) is 0 Å². The Hall–Kier alpha value is -0.870. The van der Waals surface area contributed by atoms with Gasteiger partial charge in [0.1, 0.15) is 0 Å². The molecule has 0 aliphatic rings. The van der Waals surface area contributed by atoms with Crippen molar-refractivity contribution >= 4 is 22.6 Å². The first-order chi connectivity index (χ1) is 10.1. The van der Waals surface area contributed by atoms with E-state index < -0.39 is 0 Å². The Labute approximate surface area is 142 Å². The molecule has 0 aliphatic carbocycles. The summed E-state index contributed by atoms with van der Waals surface area (Å²) >= 11 is 2.36. The zero-order valence-electron chi connectivity index (χ0n) is 13.1. The summed E-state index contributed by atoms with van der Waals surface area (Å²) in [7, 11) is 0. The van der Waals surface area contributed by atoms with Crippen LogP contribution in [0.15, 0.2) is 42.5 Å². The third-order valence-corrected chi connectivity index (χ3v) is 4.73. The lowest BCUT2D eigenvalue weighted by Gasteiger charge is -2.22. The fourth-order valence-corrected chi connectivity index (χ4v) is 2.98. The molecule has 0 aliphatic heterocycles. The predicted octanol–water partition coefficient (Wildman–Crippen LogP) is 5.19. The van der Waals surface area contributed by atoms with Gasteiger partial charge in [0.05, 0.1) is 0 Å². The largest absolute Gasteiger partial charge is 0.310 e. The minimum absolute atomic E-state index is 0.393. The summed E-state index contributed by atoms with van der Waals surface area (Å²) in [5.74, 6) is 0. The third kappa shape index (κ3) is 4.55. The van der Waals surface area contributed by atoms with E-state index in [0.29, 0.717) is 6.04 Å². The zero-order valence-corrected chi connectivity index (χ0v) is 15.3. The zero-order chi connectivity index (χ0) is 15.2. The molecule has 0 saturated heterocycles. The predicted molar refractivity (Wildman–Crippen MR) is 99.8 cm³/mol. The summed E-state index contributed by atoms with van der Waals surface area (Å²) in [6.45, 7) is 7.71. The molecule has 0 saturated carbocycles. The van der Waals surface area contributed by atoms with Gasteiger partial charge in [-0.15, -0.1) is 0 Å². The summed E-state index contributed by atoms with van der Waals surface area (Å²) in [6, 6.07) is 15.9. The lowest BCUT2D eigenvalue weighted by Crippen LogP contribution is -2.25. The van der Waals surface area contributed by atoms with Crippen LogP contribution in [0.1, 0.15) is 41.6 Å². The van der Waals surface area contributed by atoms with Gasteiger partial charge in [0.2, 0.25) is 0 Å². The van der Waals surface area contributed by atoms with Crippen LogP contribution >= 0.6 is 22.6 Å². The second kappa shape index (κ2) is 7.95. The van der Waals surface area contributed by atoms with Gasteiger partial charge in [-0.05, 0) is 90.2 Å². The standard InChI is InChI=1S/C19H24IN/c1-4-12-21-19(13-16-8-10-17(20)11-9-16)18-7-5-6-14(2)15(18)3/h5-11,19,21H,4,12-13H2,1-3H3. The van der Waals surface area contributed by atoms with Crippen molar-refractivity contribution in [3.05, 3.63) is 68.3 Å². The second-order valence-electron chi connectivity index (χ2n) is 5.63. The van der Waals surface area contributed by atoms with Crippen LogP contribution in [0.4, 0.5) is 0 Å². The first-order valence-electron chi connectivity index (χ1n) is 7.65.